The molecule has 2 amide bonds. The van der Waals surface area contributed by atoms with Crippen LogP contribution in [0.5, 0.6) is 5.75 Å². The van der Waals surface area contributed by atoms with Crippen molar-refractivity contribution < 1.29 is 52.1 Å². The molecule has 12 nitrogen and oxygen atoms in total. The van der Waals surface area contributed by atoms with Crippen LogP contribution in [0, 0.1) is 11.8 Å². The predicted octanol–water partition coefficient (Wildman–Crippen LogP) is 8.02. The average Bonchev–Trinajstić information content (AvgIpc) is 2.88. The summed E-state index contributed by atoms with van der Waals surface area (Å²) >= 11 is 0. The standard InChI is InChI=1S/C36H47NO11Si/c1-34(2,3)45-31(41)37(32(42)46-35(4,5)6)27-20-15-13-14-16-21(20)30(44-33(43)47-36(7,8)9)26-25(27)29(40)24-22(28(26)39)17-19(38)18-23(24)48-49(10,11)12/h13-16,22-24H,17-18H2,1-12H3/t22-,23+,24-/m1/s1. The predicted molar refractivity (Wildman–Crippen MR) is 184 cm³/mol. The molecule has 4 rings (SSSR count). The molecule has 3 atom stereocenters. The molecule has 266 valence electrons. The summed E-state index contributed by atoms with van der Waals surface area (Å²) in [5.74, 6) is -4.15. The van der Waals surface area contributed by atoms with Gasteiger partial charge in [-0.25, -0.2) is 14.4 Å². The van der Waals surface area contributed by atoms with Gasteiger partial charge in [0.2, 0.25) is 0 Å². The van der Waals surface area contributed by atoms with Crippen LogP contribution in [-0.2, 0) is 23.4 Å². The molecule has 49 heavy (non-hydrogen) atoms. The summed E-state index contributed by atoms with van der Waals surface area (Å²) in [4.78, 5) is 84.7. The van der Waals surface area contributed by atoms with Crippen molar-refractivity contribution in [3.63, 3.8) is 0 Å². The quantitative estimate of drug-likeness (QED) is 0.132. The van der Waals surface area contributed by atoms with Crippen molar-refractivity contribution in [3.8, 4) is 5.75 Å². The summed E-state index contributed by atoms with van der Waals surface area (Å²) in [6.07, 6.45) is -4.74. The minimum atomic E-state index is -2.38. The van der Waals surface area contributed by atoms with Crippen molar-refractivity contribution in [2.75, 3.05) is 4.90 Å². The number of nitrogens with zero attached hydrogens (tertiary/aromatic N) is 1. The van der Waals surface area contributed by atoms with Gasteiger partial charge in [-0.15, -0.1) is 0 Å². The summed E-state index contributed by atoms with van der Waals surface area (Å²) < 4.78 is 28.9. The molecule has 0 unspecified atom stereocenters. The molecule has 1 saturated carbocycles. The number of carbonyl (C=O) groups is 6. The first kappa shape index (κ1) is 37.7. The van der Waals surface area contributed by atoms with Crippen LogP contribution in [0.2, 0.25) is 19.6 Å². The van der Waals surface area contributed by atoms with Crippen LogP contribution in [0.25, 0.3) is 10.8 Å². The number of rotatable bonds is 4. The molecule has 0 aliphatic heterocycles. The zero-order chi connectivity index (χ0) is 37.0. The molecule has 0 radical (unpaired) electrons. The topological polar surface area (TPSA) is 152 Å². The second-order valence-corrected chi connectivity index (χ2v) is 20.9. The van der Waals surface area contributed by atoms with Gasteiger partial charge in [0.25, 0.3) is 0 Å². The van der Waals surface area contributed by atoms with Gasteiger partial charge < -0.3 is 23.4 Å². The second kappa shape index (κ2) is 13.0. The maximum Gasteiger partial charge on any atom is 0.514 e. The van der Waals surface area contributed by atoms with E-state index in [1.807, 2.05) is 19.6 Å². The molecular formula is C36H47NO11Si. The molecule has 2 aromatic rings. The number of imide groups is 1. The normalized spacial score (nSPS) is 19.9. The summed E-state index contributed by atoms with van der Waals surface area (Å²) in [5, 5.41) is 0.238. The number of Topliss-reactive ketones (excluding diaryl/α,β-unsaturated/α-hetero) is 3. The van der Waals surface area contributed by atoms with E-state index in [-0.39, 0.29) is 52.0 Å². The summed E-state index contributed by atoms with van der Waals surface area (Å²) in [5.41, 5.74) is -4.12. The van der Waals surface area contributed by atoms with Crippen LogP contribution in [0.4, 0.5) is 20.1 Å². The van der Waals surface area contributed by atoms with Crippen molar-refractivity contribution in [2.24, 2.45) is 11.8 Å². The Morgan fingerprint density at radius 3 is 1.71 bits per heavy atom. The van der Waals surface area contributed by atoms with Gasteiger partial charge in [0.05, 0.1) is 28.8 Å². The van der Waals surface area contributed by atoms with Crippen LogP contribution >= 0.6 is 0 Å². The summed E-state index contributed by atoms with van der Waals surface area (Å²) in [7, 11) is -2.38. The molecule has 13 heteroatoms. The first-order chi connectivity index (χ1) is 22.3. The SMILES string of the molecule is CC(C)(C)OC(=O)Oc1c2c(c(N(C(=O)OC(C)(C)C)C(=O)OC(C)(C)C)c3ccccc13)C(=O)[C@H]1[C@@H](O[Si](C)(C)C)CC(=O)C[C@H]1C2=O. The van der Waals surface area contributed by atoms with Crippen LogP contribution in [-0.4, -0.2) is 66.9 Å². The highest BCUT2D eigenvalue weighted by atomic mass is 28.4. The van der Waals surface area contributed by atoms with Crippen LogP contribution in [0.1, 0.15) is 95.9 Å². The second-order valence-electron chi connectivity index (χ2n) is 16.4. The Morgan fingerprint density at radius 2 is 1.22 bits per heavy atom. The first-order valence-electron chi connectivity index (χ1n) is 16.3. The van der Waals surface area contributed by atoms with E-state index in [2.05, 4.69) is 0 Å². The van der Waals surface area contributed by atoms with Crippen molar-refractivity contribution in [3.05, 3.63) is 35.4 Å². The average molecular weight is 698 g/mol. The van der Waals surface area contributed by atoms with E-state index < -0.39 is 73.0 Å². The third-order valence-corrected chi connectivity index (χ3v) is 8.45. The van der Waals surface area contributed by atoms with E-state index in [0.717, 1.165) is 0 Å². The lowest BCUT2D eigenvalue weighted by Crippen LogP contribution is -2.52. The Labute approximate surface area is 287 Å². The fraction of sp³-hybridized carbons (Fsp3) is 0.556. The van der Waals surface area contributed by atoms with E-state index in [0.29, 0.717) is 4.90 Å². The number of benzene rings is 2. The van der Waals surface area contributed by atoms with Gasteiger partial charge in [-0.3, -0.25) is 14.4 Å². The minimum absolute atomic E-state index is 0.0915. The molecule has 2 aromatic carbocycles. The van der Waals surface area contributed by atoms with Gasteiger partial charge in [-0.2, -0.15) is 4.90 Å². The number of anilines is 1. The fourth-order valence-electron chi connectivity index (χ4n) is 6.02. The van der Waals surface area contributed by atoms with Crippen molar-refractivity contribution in [2.45, 2.75) is 118 Å². The molecule has 0 spiro atoms. The van der Waals surface area contributed by atoms with Crippen molar-refractivity contribution in [1.82, 2.24) is 0 Å². The molecule has 2 aliphatic rings. The number of fused-ring (bicyclic) bond motifs is 3. The van der Waals surface area contributed by atoms with Crippen molar-refractivity contribution >= 4 is 60.5 Å². The van der Waals surface area contributed by atoms with Crippen LogP contribution in [0.3, 0.4) is 0 Å². The zero-order valence-corrected chi connectivity index (χ0v) is 31.4. The third kappa shape index (κ3) is 8.56. The molecule has 0 aromatic heterocycles. The highest BCUT2D eigenvalue weighted by Crippen LogP contribution is 2.50. The highest BCUT2D eigenvalue weighted by molar-refractivity contribution is 6.69. The van der Waals surface area contributed by atoms with Gasteiger partial charge in [-0.05, 0) is 82.0 Å². The molecule has 0 heterocycles. The van der Waals surface area contributed by atoms with Gasteiger partial charge in [0.1, 0.15) is 22.6 Å². The molecule has 2 aliphatic carbocycles. The van der Waals surface area contributed by atoms with E-state index >= 15 is 4.79 Å². The summed E-state index contributed by atoms with van der Waals surface area (Å²) in [6.45, 7) is 20.3. The van der Waals surface area contributed by atoms with Gasteiger partial charge >= 0.3 is 18.3 Å². The molecule has 1 fully saturated rings. The number of ether oxygens (including phenoxy) is 4. The zero-order valence-electron chi connectivity index (χ0n) is 30.4. The number of carbonyl (C=O) groups excluding carboxylic acids is 6. The monoisotopic (exact) mass is 697 g/mol. The molecule has 0 N–H and O–H groups in total. The Bertz CT molecular complexity index is 1690. The van der Waals surface area contributed by atoms with Crippen molar-refractivity contribution in [1.29, 1.82) is 0 Å². The summed E-state index contributed by atoms with van der Waals surface area (Å²) in [6, 6.07) is 6.25. The number of hydrogen-bond donors (Lipinski definition) is 0. The van der Waals surface area contributed by atoms with E-state index in [4.69, 9.17) is 23.4 Å². The van der Waals surface area contributed by atoms with Gasteiger partial charge in [0, 0.05) is 29.5 Å². The fourth-order valence-corrected chi connectivity index (χ4v) is 7.16. The lowest BCUT2D eigenvalue weighted by atomic mass is 9.65. The molecule has 0 saturated heterocycles. The maximum absolute atomic E-state index is 15.0. The van der Waals surface area contributed by atoms with Crippen LogP contribution in [0.15, 0.2) is 24.3 Å². The molecule has 0 bridgehead atoms. The highest BCUT2D eigenvalue weighted by Gasteiger charge is 2.54. The van der Waals surface area contributed by atoms with E-state index in [9.17, 15) is 24.0 Å². The molecular weight excluding hydrogens is 650 g/mol. The first-order valence-corrected chi connectivity index (χ1v) is 19.7. The number of ketones is 3. The smallest absolute Gasteiger partial charge is 0.443 e. The van der Waals surface area contributed by atoms with E-state index in [1.54, 1.807) is 74.4 Å². The van der Waals surface area contributed by atoms with E-state index in [1.165, 1.54) is 12.1 Å². The van der Waals surface area contributed by atoms with Gasteiger partial charge in [-0.1, -0.05) is 24.3 Å². The maximum atomic E-state index is 15.0. The lowest BCUT2D eigenvalue weighted by molar-refractivity contribution is -0.125. The van der Waals surface area contributed by atoms with Crippen LogP contribution < -0.4 is 9.64 Å². The largest absolute Gasteiger partial charge is 0.514 e. The Kier molecular flexibility index (Phi) is 9.99. The number of hydrogen-bond acceptors (Lipinski definition) is 11. The third-order valence-electron chi connectivity index (χ3n) is 7.44. The lowest BCUT2D eigenvalue weighted by Gasteiger charge is -2.42. The Hall–Kier alpha value is -4.10. The number of amides is 2. The Morgan fingerprint density at radius 1 is 0.714 bits per heavy atom. The van der Waals surface area contributed by atoms with Gasteiger partial charge in [0.15, 0.2) is 25.6 Å². The Balaban J connectivity index is 2.15. The minimum Gasteiger partial charge on any atom is -0.443 e.